The molecule has 0 spiro atoms. The van der Waals surface area contributed by atoms with Crippen molar-refractivity contribution in [2.75, 3.05) is 6.54 Å². The number of aromatic nitrogens is 3. The molecule has 1 aliphatic heterocycles. The van der Waals surface area contributed by atoms with E-state index in [1.807, 2.05) is 0 Å². The van der Waals surface area contributed by atoms with Gasteiger partial charge in [-0.3, -0.25) is 0 Å². The molecule has 19 heavy (non-hydrogen) atoms. The fourth-order valence-corrected chi connectivity index (χ4v) is 3.39. The summed E-state index contributed by atoms with van der Waals surface area (Å²) in [6.45, 7) is 1.12. The van der Waals surface area contributed by atoms with Crippen LogP contribution in [0.25, 0.3) is 5.65 Å². The van der Waals surface area contributed by atoms with Gasteiger partial charge >= 0.3 is 0 Å². The van der Waals surface area contributed by atoms with Gasteiger partial charge in [-0.1, -0.05) is 6.42 Å². The largest absolute Gasteiger partial charge is 0.309 e. The molecule has 0 aromatic carbocycles. The van der Waals surface area contributed by atoms with Gasteiger partial charge in [0, 0.05) is 18.0 Å². The van der Waals surface area contributed by atoms with Crippen molar-refractivity contribution in [3.8, 4) is 0 Å². The van der Waals surface area contributed by atoms with Gasteiger partial charge in [0.05, 0.1) is 11.7 Å². The Labute approximate surface area is 113 Å². The smallest absolute Gasteiger partial charge is 0.155 e. The number of nitrogens with zero attached hydrogens (tertiary/aromatic N) is 3. The summed E-state index contributed by atoms with van der Waals surface area (Å²) in [6, 6.07) is 2.59. The van der Waals surface area contributed by atoms with Crippen LogP contribution in [0.2, 0.25) is 0 Å². The molecule has 4 rings (SSSR count). The zero-order valence-corrected chi connectivity index (χ0v) is 11.2. The molecule has 0 amide bonds. The first-order valence-electron chi connectivity index (χ1n) is 7.51. The van der Waals surface area contributed by atoms with Crippen LogP contribution in [0.4, 0.5) is 0 Å². The zero-order chi connectivity index (χ0) is 12.7. The fourth-order valence-electron chi connectivity index (χ4n) is 3.39. The average molecular weight is 256 g/mol. The van der Waals surface area contributed by atoms with Gasteiger partial charge in [-0.15, -0.1) is 0 Å². The molecule has 2 aliphatic rings. The standard InChI is InChI=1S/C15H20N4/c1-2-7-14-11(5-1)10-17-15-9-13(18-19(14)15)12-6-3-4-8-16-12/h9-10,12,16H,1-8H2. The molecule has 4 nitrogen and oxygen atoms in total. The second-order valence-electron chi connectivity index (χ2n) is 5.78. The van der Waals surface area contributed by atoms with Crippen LogP contribution in [0.3, 0.4) is 0 Å². The molecule has 1 N–H and O–H groups in total. The Morgan fingerprint density at radius 3 is 3.00 bits per heavy atom. The summed E-state index contributed by atoms with van der Waals surface area (Å²) < 4.78 is 2.10. The Hall–Kier alpha value is -1.42. The van der Waals surface area contributed by atoms with Gasteiger partial charge in [-0.2, -0.15) is 5.10 Å². The summed E-state index contributed by atoms with van der Waals surface area (Å²) in [4.78, 5) is 4.58. The lowest BCUT2D eigenvalue weighted by Gasteiger charge is -2.21. The highest BCUT2D eigenvalue weighted by atomic mass is 15.3. The first-order chi connectivity index (χ1) is 9.42. The molecule has 1 saturated heterocycles. The minimum absolute atomic E-state index is 0.426. The number of piperidine rings is 1. The Balaban J connectivity index is 1.78. The Morgan fingerprint density at radius 2 is 2.11 bits per heavy atom. The van der Waals surface area contributed by atoms with Crippen LogP contribution in [-0.2, 0) is 12.8 Å². The number of hydrogen-bond donors (Lipinski definition) is 1. The summed E-state index contributed by atoms with van der Waals surface area (Å²) in [5, 5.41) is 8.41. The molecule has 0 bridgehead atoms. The van der Waals surface area contributed by atoms with Crippen molar-refractivity contribution in [3.05, 3.63) is 29.2 Å². The van der Waals surface area contributed by atoms with Crippen molar-refractivity contribution in [3.63, 3.8) is 0 Å². The highest BCUT2D eigenvalue weighted by Gasteiger charge is 2.20. The third-order valence-corrected chi connectivity index (χ3v) is 4.47. The summed E-state index contributed by atoms with van der Waals surface area (Å²) >= 11 is 0. The Morgan fingerprint density at radius 1 is 1.16 bits per heavy atom. The normalized spacial score (nSPS) is 23.5. The van der Waals surface area contributed by atoms with E-state index in [0.29, 0.717) is 6.04 Å². The fraction of sp³-hybridized carbons (Fsp3) is 0.600. The van der Waals surface area contributed by atoms with Crippen molar-refractivity contribution in [2.24, 2.45) is 0 Å². The van der Waals surface area contributed by atoms with Crippen LogP contribution in [0.5, 0.6) is 0 Å². The van der Waals surface area contributed by atoms with E-state index in [4.69, 9.17) is 5.10 Å². The van der Waals surface area contributed by atoms with Crippen molar-refractivity contribution >= 4 is 5.65 Å². The summed E-state index contributed by atoms with van der Waals surface area (Å²) in [6.07, 6.45) is 10.7. The molecule has 1 aliphatic carbocycles. The van der Waals surface area contributed by atoms with Crippen molar-refractivity contribution < 1.29 is 0 Å². The van der Waals surface area contributed by atoms with Gasteiger partial charge in [-0.05, 0) is 50.6 Å². The molecule has 100 valence electrons. The first kappa shape index (κ1) is 11.4. The van der Waals surface area contributed by atoms with Crippen molar-refractivity contribution in [2.45, 2.75) is 51.0 Å². The SMILES string of the molecule is c1nc2cc(C3CCCCN3)nn2c2c1CCCC2. The molecule has 0 radical (unpaired) electrons. The van der Waals surface area contributed by atoms with Crippen LogP contribution in [-0.4, -0.2) is 21.1 Å². The van der Waals surface area contributed by atoms with Crippen LogP contribution in [0, 0.1) is 0 Å². The minimum Gasteiger partial charge on any atom is -0.309 e. The number of nitrogens with one attached hydrogen (secondary N) is 1. The highest BCUT2D eigenvalue weighted by molar-refractivity contribution is 5.43. The van der Waals surface area contributed by atoms with E-state index in [0.717, 1.165) is 25.0 Å². The number of hydrogen-bond acceptors (Lipinski definition) is 3. The molecule has 3 heterocycles. The Bertz CT molecular complexity index is 595. The molecule has 1 unspecified atom stereocenters. The lowest BCUT2D eigenvalue weighted by Crippen LogP contribution is -2.27. The molecule has 2 aromatic rings. The van der Waals surface area contributed by atoms with Gasteiger partial charge in [0.1, 0.15) is 0 Å². The van der Waals surface area contributed by atoms with Crippen molar-refractivity contribution in [1.82, 2.24) is 19.9 Å². The van der Waals surface area contributed by atoms with Gasteiger partial charge in [0.25, 0.3) is 0 Å². The minimum atomic E-state index is 0.426. The van der Waals surface area contributed by atoms with Crippen LogP contribution >= 0.6 is 0 Å². The second-order valence-corrected chi connectivity index (χ2v) is 5.78. The molecule has 1 atom stereocenters. The average Bonchev–Trinajstić information content (AvgIpc) is 2.93. The predicted octanol–water partition coefficient (Wildman–Crippen LogP) is 2.42. The maximum Gasteiger partial charge on any atom is 0.155 e. The molecular formula is C15H20N4. The lowest BCUT2D eigenvalue weighted by atomic mass is 9.97. The van der Waals surface area contributed by atoms with E-state index in [1.165, 1.54) is 49.1 Å². The van der Waals surface area contributed by atoms with Gasteiger partial charge in [0.2, 0.25) is 0 Å². The van der Waals surface area contributed by atoms with E-state index < -0.39 is 0 Å². The molecule has 0 saturated carbocycles. The molecule has 4 heteroatoms. The van der Waals surface area contributed by atoms with Gasteiger partial charge in [-0.25, -0.2) is 9.50 Å². The van der Waals surface area contributed by atoms with E-state index >= 15 is 0 Å². The molecular weight excluding hydrogens is 236 g/mol. The maximum absolute atomic E-state index is 4.84. The predicted molar refractivity (Wildman–Crippen MR) is 74.2 cm³/mol. The van der Waals surface area contributed by atoms with E-state index in [9.17, 15) is 0 Å². The second kappa shape index (κ2) is 4.60. The topological polar surface area (TPSA) is 42.2 Å². The summed E-state index contributed by atoms with van der Waals surface area (Å²) in [5.74, 6) is 0. The van der Waals surface area contributed by atoms with Crippen LogP contribution in [0.15, 0.2) is 12.3 Å². The number of fused-ring (bicyclic) bond motifs is 3. The van der Waals surface area contributed by atoms with E-state index in [1.54, 1.807) is 0 Å². The lowest BCUT2D eigenvalue weighted by molar-refractivity contribution is 0.403. The highest BCUT2D eigenvalue weighted by Crippen LogP contribution is 2.25. The summed E-state index contributed by atoms with van der Waals surface area (Å²) in [7, 11) is 0. The monoisotopic (exact) mass is 256 g/mol. The van der Waals surface area contributed by atoms with Crippen LogP contribution in [0.1, 0.15) is 55.1 Å². The number of aryl methyl sites for hydroxylation is 2. The number of rotatable bonds is 1. The molecule has 2 aromatic heterocycles. The third-order valence-electron chi connectivity index (χ3n) is 4.47. The van der Waals surface area contributed by atoms with Gasteiger partial charge in [0.15, 0.2) is 5.65 Å². The van der Waals surface area contributed by atoms with Gasteiger partial charge < -0.3 is 5.32 Å². The van der Waals surface area contributed by atoms with Crippen LogP contribution < -0.4 is 5.32 Å². The van der Waals surface area contributed by atoms with E-state index in [-0.39, 0.29) is 0 Å². The molecule has 1 fully saturated rings. The van der Waals surface area contributed by atoms with Crippen molar-refractivity contribution in [1.29, 1.82) is 0 Å². The maximum atomic E-state index is 4.84. The zero-order valence-electron chi connectivity index (χ0n) is 11.2. The first-order valence-corrected chi connectivity index (χ1v) is 7.51. The van der Waals surface area contributed by atoms with E-state index in [2.05, 4.69) is 27.1 Å². The summed E-state index contributed by atoms with van der Waals surface area (Å²) in [5.41, 5.74) is 4.97. The Kier molecular flexibility index (Phi) is 2.76. The third kappa shape index (κ3) is 1.94. The quantitative estimate of drug-likeness (QED) is 0.852.